The first kappa shape index (κ1) is 14.0. The van der Waals surface area contributed by atoms with Gasteiger partial charge in [0.05, 0.1) is 11.5 Å². The molecule has 1 aromatic heterocycles. The molecule has 104 valence electrons. The van der Waals surface area contributed by atoms with Crippen LogP contribution in [0.25, 0.3) is 0 Å². The fourth-order valence-corrected chi connectivity index (χ4v) is 1.86. The smallest absolute Gasteiger partial charge is 0.311 e. The first-order valence-corrected chi connectivity index (χ1v) is 6.10. The molecule has 1 N–H and O–H groups in total. The Kier molecular flexibility index (Phi) is 4.62. The molecular weight excluding hydrogens is 258 g/mol. The van der Waals surface area contributed by atoms with E-state index in [9.17, 15) is 10.1 Å². The summed E-state index contributed by atoms with van der Waals surface area (Å²) < 4.78 is 5.07. The molecule has 1 aromatic carbocycles. The molecule has 0 aliphatic heterocycles. The number of aromatic nitrogens is 1. The first-order chi connectivity index (χ1) is 9.70. The largest absolute Gasteiger partial charge is 0.380 e. The van der Waals surface area contributed by atoms with Crippen LogP contribution in [0.3, 0.4) is 0 Å². The molecule has 0 aliphatic carbocycles. The van der Waals surface area contributed by atoms with E-state index in [2.05, 4.69) is 10.3 Å². The van der Waals surface area contributed by atoms with E-state index in [1.54, 1.807) is 13.2 Å². The highest BCUT2D eigenvalue weighted by molar-refractivity contribution is 5.55. The Balaban J connectivity index is 2.09. The lowest BCUT2D eigenvalue weighted by Crippen LogP contribution is -2.04. The number of rotatable bonds is 6. The van der Waals surface area contributed by atoms with Crippen molar-refractivity contribution in [3.05, 3.63) is 63.8 Å². The van der Waals surface area contributed by atoms with Gasteiger partial charge in [-0.1, -0.05) is 24.3 Å². The monoisotopic (exact) mass is 273 g/mol. The van der Waals surface area contributed by atoms with Gasteiger partial charge in [-0.25, -0.2) is 4.98 Å². The molecule has 0 atom stereocenters. The van der Waals surface area contributed by atoms with Crippen molar-refractivity contribution in [1.82, 2.24) is 4.98 Å². The van der Waals surface area contributed by atoms with Crippen molar-refractivity contribution in [2.24, 2.45) is 0 Å². The Morgan fingerprint density at radius 2 is 2.10 bits per heavy atom. The first-order valence-electron chi connectivity index (χ1n) is 6.10. The topological polar surface area (TPSA) is 77.3 Å². The van der Waals surface area contributed by atoms with E-state index >= 15 is 0 Å². The highest BCUT2D eigenvalue weighted by atomic mass is 16.6. The molecule has 6 heteroatoms. The number of ether oxygens (including phenoxy) is 1. The van der Waals surface area contributed by atoms with Crippen molar-refractivity contribution < 1.29 is 9.66 Å². The molecule has 0 bridgehead atoms. The number of hydrogen-bond donors (Lipinski definition) is 1. The number of methoxy groups -OCH3 is 1. The molecule has 0 amide bonds. The average Bonchev–Trinajstić information content (AvgIpc) is 2.46. The summed E-state index contributed by atoms with van der Waals surface area (Å²) in [5.74, 6) is 0.273. The highest BCUT2D eigenvalue weighted by Crippen LogP contribution is 2.21. The summed E-state index contributed by atoms with van der Waals surface area (Å²) in [7, 11) is 1.64. The number of nitrogens with zero attached hydrogens (tertiary/aromatic N) is 2. The van der Waals surface area contributed by atoms with Crippen LogP contribution in [-0.2, 0) is 17.9 Å². The molecule has 0 spiro atoms. The maximum absolute atomic E-state index is 10.9. The molecule has 2 aromatic rings. The molecule has 20 heavy (non-hydrogen) atoms. The van der Waals surface area contributed by atoms with E-state index < -0.39 is 4.92 Å². The third-order valence-electron chi connectivity index (χ3n) is 2.75. The van der Waals surface area contributed by atoms with Crippen molar-refractivity contribution in [3.8, 4) is 0 Å². The van der Waals surface area contributed by atoms with Crippen LogP contribution in [0.4, 0.5) is 11.5 Å². The number of hydrogen-bond acceptors (Lipinski definition) is 5. The van der Waals surface area contributed by atoms with E-state index in [1.165, 1.54) is 12.3 Å². The van der Waals surface area contributed by atoms with Crippen LogP contribution in [0.2, 0.25) is 0 Å². The average molecular weight is 273 g/mol. The van der Waals surface area contributed by atoms with Crippen LogP contribution in [0.15, 0.2) is 42.6 Å². The van der Waals surface area contributed by atoms with Crippen molar-refractivity contribution in [3.63, 3.8) is 0 Å². The highest BCUT2D eigenvalue weighted by Gasteiger charge is 2.13. The maximum Gasteiger partial charge on any atom is 0.311 e. The summed E-state index contributed by atoms with van der Waals surface area (Å²) >= 11 is 0. The van der Waals surface area contributed by atoms with Gasteiger partial charge in [0.1, 0.15) is 0 Å². The molecule has 0 radical (unpaired) electrons. The second-order valence-electron chi connectivity index (χ2n) is 4.23. The van der Waals surface area contributed by atoms with Gasteiger partial charge in [0, 0.05) is 25.9 Å². The van der Waals surface area contributed by atoms with Gasteiger partial charge in [-0.2, -0.15) is 0 Å². The Bertz CT molecular complexity index is 602. The molecule has 0 aliphatic rings. The summed E-state index contributed by atoms with van der Waals surface area (Å²) in [4.78, 5) is 14.4. The van der Waals surface area contributed by atoms with Gasteiger partial charge in [0.15, 0.2) is 0 Å². The lowest BCUT2D eigenvalue weighted by molar-refractivity contribution is -0.384. The predicted molar refractivity (Wildman–Crippen MR) is 75.4 cm³/mol. The zero-order valence-electron chi connectivity index (χ0n) is 11.1. The minimum Gasteiger partial charge on any atom is -0.380 e. The molecule has 0 unspecified atom stereocenters. The quantitative estimate of drug-likeness (QED) is 0.646. The number of pyridine rings is 1. The molecule has 2 rings (SSSR count). The maximum atomic E-state index is 10.9. The van der Waals surface area contributed by atoms with E-state index in [1.807, 2.05) is 24.3 Å². The minimum absolute atomic E-state index is 0.0273. The molecule has 0 saturated heterocycles. The van der Waals surface area contributed by atoms with E-state index in [0.717, 1.165) is 11.1 Å². The third-order valence-corrected chi connectivity index (χ3v) is 2.75. The van der Waals surface area contributed by atoms with E-state index in [4.69, 9.17) is 4.74 Å². The lowest BCUT2D eigenvalue weighted by atomic mass is 10.1. The minimum atomic E-state index is -0.448. The molecule has 0 saturated carbocycles. The van der Waals surface area contributed by atoms with Gasteiger partial charge in [0.2, 0.25) is 5.82 Å². The third kappa shape index (κ3) is 3.52. The summed E-state index contributed by atoms with van der Waals surface area (Å²) in [5, 5.41) is 13.9. The van der Waals surface area contributed by atoms with Crippen molar-refractivity contribution in [1.29, 1.82) is 0 Å². The van der Waals surface area contributed by atoms with Crippen LogP contribution in [0.5, 0.6) is 0 Å². The van der Waals surface area contributed by atoms with Gasteiger partial charge < -0.3 is 10.1 Å². The van der Waals surface area contributed by atoms with Crippen molar-refractivity contribution >= 4 is 11.5 Å². The molecule has 0 fully saturated rings. The fraction of sp³-hybridized carbons (Fsp3) is 0.214. The van der Waals surface area contributed by atoms with Crippen LogP contribution in [0.1, 0.15) is 11.1 Å². The number of nitrogens with one attached hydrogen (secondary N) is 1. The second-order valence-corrected chi connectivity index (χ2v) is 4.23. The van der Waals surface area contributed by atoms with Crippen LogP contribution in [-0.4, -0.2) is 17.0 Å². The number of anilines is 1. The molecule has 1 heterocycles. The zero-order chi connectivity index (χ0) is 14.4. The Morgan fingerprint density at radius 1 is 1.30 bits per heavy atom. The summed E-state index contributed by atoms with van der Waals surface area (Å²) in [6, 6.07) is 10.8. The van der Waals surface area contributed by atoms with Crippen LogP contribution < -0.4 is 5.32 Å². The summed E-state index contributed by atoms with van der Waals surface area (Å²) in [6.07, 6.45) is 1.52. The Labute approximate surface area is 116 Å². The SMILES string of the molecule is COCc1cccc(CNc2ncccc2[N+](=O)[O-])c1. The van der Waals surface area contributed by atoms with Crippen LogP contribution >= 0.6 is 0 Å². The zero-order valence-corrected chi connectivity index (χ0v) is 11.1. The normalized spacial score (nSPS) is 10.2. The molecular formula is C14H15N3O3. The van der Waals surface area contributed by atoms with Gasteiger partial charge >= 0.3 is 5.69 Å². The number of nitro groups is 1. The van der Waals surface area contributed by atoms with Gasteiger partial charge in [-0.05, 0) is 17.2 Å². The Hall–Kier alpha value is -2.47. The van der Waals surface area contributed by atoms with Gasteiger partial charge in [0.25, 0.3) is 0 Å². The van der Waals surface area contributed by atoms with Gasteiger partial charge in [-0.15, -0.1) is 0 Å². The summed E-state index contributed by atoms with van der Waals surface area (Å²) in [5.41, 5.74) is 2.04. The van der Waals surface area contributed by atoms with Crippen LogP contribution in [0, 0.1) is 10.1 Å². The second kappa shape index (κ2) is 6.63. The lowest BCUT2D eigenvalue weighted by Gasteiger charge is -2.07. The predicted octanol–water partition coefficient (Wildman–Crippen LogP) is 2.75. The standard InChI is InChI=1S/C14H15N3O3/c1-20-10-12-5-2-4-11(8-12)9-16-14-13(17(18)19)6-3-7-15-14/h2-8H,9-10H2,1H3,(H,15,16). The fourth-order valence-electron chi connectivity index (χ4n) is 1.86. The van der Waals surface area contributed by atoms with E-state index in [-0.39, 0.29) is 11.5 Å². The van der Waals surface area contributed by atoms with Gasteiger partial charge in [-0.3, -0.25) is 10.1 Å². The summed E-state index contributed by atoms with van der Waals surface area (Å²) in [6.45, 7) is 1.01. The van der Waals surface area contributed by atoms with Crippen molar-refractivity contribution in [2.45, 2.75) is 13.2 Å². The van der Waals surface area contributed by atoms with Crippen molar-refractivity contribution in [2.75, 3.05) is 12.4 Å². The number of benzene rings is 1. The molecule has 6 nitrogen and oxygen atoms in total. The Morgan fingerprint density at radius 3 is 2.85 bits per heavy atom. The van der Waals surface area contributed by atoms with E-state index in [0.29, 0.717) is 13.2 Å².